The summed E-state index contributed by atoms with van der Waals surface area (Å²) in [6, 6.07) is 5.32. The van der Waals surface area contributed by atoms with E-state index >= 15 is 0 Å². The summed E-state index contributed by atoms with van der Waals surface area (Å²) in [5.41, 5.74) is -4.43. The van der Waals surface area contributed by atoms with Crippen molar-refractivity contribution in [1.29, 1.82) is 0 Å². The van der Waals surface area contributed by atoms with Gasteiger partial charge < -0.3 is 9.80 Å². The first-order valence-corrected chi connectivity index (χ1v) is 12.0. The van der Waals surface area contributed by atoms with Crippen LogP contribution in [0.4, 0.5) is 13.2 Å². The molecule has 1 aliphatic heterocycles. The Morgan fingerprint density at radius 1 is 1.07 bits per heavy atom. The van der Waals surface area contributed by atoms with Crippen molar-refractivity contribution in [3.63, 3.8) is 0 Å². The van der Waals surface area contributed by atoms with E-state index < -0.39 is 20.2 Å². The lowest BCUT2D eigenvalue weighted by atomic mass is 10.1. The van der Waals surface area contributed by atoms with E-state index in [4.69, 9.17) is 0 Å². The molecule has 0 N–H and O–H groups in total. The number of hydrogen-bond acceptors (Lipinski definition) is 4. The third-order valence-electron chi connectivity index (χ3n) is 5.72. The molecule has 0 bridgehead atoms. The molecule has 0 amide bonds. The van der Waals surface area contributed by atoms with Crippen LogP contribution in [0.5, 0.6) is 0 Å². The third kappa shape index (κ3) is 6.96. The van der Waals surface area contributed by atoms with Crippen LogP contribution in [0.3, 0.4) is 0 Å². The highest BCUT2D eigenvalue weighted by atomic mass is 32.2. The molecule has 1 fully saturated rings. The molecule has 166 valence electrons. The molecule has 29 heavy (non-hydrogen) atoms. The number of unbranched alkanes of at least 4 members (excludes halogenated alkanes) is 1. The highest BCUT2D eigenvalue weighted by molar-refractivity contribution is 7.92. The second-order valence-electron chi connectivity index (χ2n) is 7.88. The summed E-state index contributed by atoms with van der Waals surface area (Å²) in [6.45, 7) is 9.70. The maximum absolute atomic E-state index is 12.7. The van der Waals surface area contributed by atoms with Gasteiger partial charge in [0.25, 0.3) is 9.84 Å². The van der Waals surface area contributed by atoms with Crippen LogP contribution in [0.15, 0.2) is 29.2 Å². The van der Waals surface area contributed by atoms with E-state index in [0.717, 1.165) is 43.8 Å². The Labute approximate surface area is 173 Å². The van der Waals surface area contributed by atoms with E-state index in [1.807, 2.05) is 0 Å². The number of sulfone groups is 1. The Kier molecular flexibility index (Phi) is 8.97. The summed E-state index contributed by atoms with van der Waals surface area (Å²) in [4.78, 5) is 4.21. The molecule has 1 heterocycles. The minimum Gasteiger partial charge on any atom is -0.303 e. The van der Waals surface area contributed by atoms with Gasteiger partial charge in [-0.15, -0.1) is 0 Å². The van der Waals surface area contributed by atoms with E-state index in [2.05, 4.69) is 23.6 Å². The predicted octanol–water partition coefficient (Wildman–Crippen LogP) is 4.50. The summed E-state index contributed by atoms with van der Waals surface area (Å²) >= 11 is 0. The van der Waals surface area contributed by atoms with Gasteiger partial charge in [-0.05, 0) is 89.4 Å². The average Bonchev–Trinajstić information content (AvgIpc) is 2.68. The highest BCUT2D eigenvalue weighted by Crippen LogP contribution is 2.30. The fraction of sp³-hybridized carbons (Fsp3) is 0.714. The van der Waals surface area contributed by atoms with Gasteiger partial charge in [-0.25, -0.2) is 8.42 Å². The number of rotatable bonds is 10. The zero-order chi connectivity index (χ0) is 21.5. The minimum atomic E-state index is -5.28. The zero-order valence-electron chi connectivity index (χ0n) is 17.4. The van der Waals surface area contributed by atoms with E-state index in [0.29, 0.717) is 6.42 Å². The molecule has 0 radical (unpaired) electrons. The van der Waals surface area contributed by atoms with E-state index in [9.17, 15) is 21.6 Å². The molecule has 0 spiro atoms. The van der Waals surface area contributed by atoms with E-state index in [-0.39, 0.29) is 6.04 Å². The minimum absolute atomic E-state index is 0.236. The molecule has 0 aliphatic carbocycles. The summed E-state index contributed by atoms with van der Waals surface area (Å²) in [5, 5.41) is 0. The molecule has 1 saturated heterocycles. The Morgan fingerprint density at radius 3 is 2.24 bits per heavy atom. The molecule has 4 nitrogen and oxygen atoms in total. The topological polar surface area (TPSA) is 40.6 Å². The zero-order valence-corrected chi connectivity index (χ0v) is 18.2. The van der Waals surface area contributed by atoms with Crippen molar-refractivity contribution in [1.82, 2.24) is 9.80 Å². The number of nitrogens with zero attached hydrogens (tertiary/aromatic N) is 2. The van der Waals surface area contributed by atoms with Crippen molar-refractivity contribution >= 4 is 9.84 Å². The van der Waals surface area contributed by atoms with E-state index in [1.54, 1.807) is 0 Å². The largest absolute Gasteiger partial charge is 0.501 e. The quantitative estimate of drug-likeness (QED) is 0.509. The van der Waals surface area contributed by atoms with Gasteiger partial charge in [-0.1, -0.05) is 25.5 Å². The molecule has 1 aliphatic rings. The van der Waals surface area contributed by atoms with Crippen molar-refractivity contribution in [3.8, 4) is 0 Å². The molecule has 8 heteroatoms. The van der Waals surface area contributed by atoms with Crippen molar-refractivity contribution in [3.05, 3.63) is 29.8 Å². The lowest BCUT2D eigenvalue weighted by Gasteiger charge is -2.29. The van der Waals surface area contributed by atoms with Gasteiger partial charge in [0.15, 0.2) is 0 Å². The van der Waals surface area contributed by atoms with Gasteiger partial charge in [0.05, 0.1) is 4.90 Å². The molecular weight excluding hydrogens is 401 g/mol. The maximum Gasteiger partial charge on any atom is 0.501 e. The Balaban J connectivity index is 1.83. The van der Waals surface area contributed by atoms with Crippen LogP contribution >= 0.6 is 0 Å². The molecular formula is C21H33F3N2O2S. The third-order valence-corrected chi connectivity index (χ3v) is 7.22. The maximum atomic E-state index is 12.7. The summed E-state index contributed by atoms with van der Waals surface area (Å²) in [6.07, 6.45) is 6.93. The highest BCUT2D eigenvalue weighted by Gasteiger charge is 2.46. The normalized spacial score (nSPS) is 17.6. The number of piperidine rings is 1. The lowest BCUT2D eigenvalue weighted by molar-refractivity contribution is -0.0436. The van der Waals surface area contributed by atoms with Crippen LogP contribution in [0.2, 0.25) is 0 Å². The van der Waals surface area contributed by atoms with Gasteiger partial charge in [0, 0.05) is 6.04 Å². The molecule has 0 saturated carbocycles. The first-order chi connectivity index (χ1) is 13.6. The second kappa shape index (κ2) is 10.8. The van der Waals surface area contributed by atoms with Gasteiger partial charge >= 0.3 is 5.51 Å². The molecule has 1 unspecified atom stereocenters. The van der Waals surface area contributed by atoms with Crippen LogP contribution < -0.4 is 0 Å². The summed E-state index contributed by atoms with van der Waals surface area (Å²) in [7, 11) is -5.28. The summed E-state index contributed by atoms with van der Waals surface area (Å²) < 4.78 is 60.9. The number of alkyl halides is 3. The van der Waals surface area contributed by atoms with Crippen LogP contribution in [0.1, 0.15) is 51.5 Å². The SMILES string of the molecule is CCN(CCCCN1CCCCC1)C(C)Cc1ccc(S(=O)(=O)C(F)(F)F)cc1. The van der Waals surface area contributed by atoms with Crippen LogP contribution in [-0.4, -0.2) is 62.5 Å². The standard InChI is InChI=1S/C21H33F3N2O2S/c1-3-26(16-8-7-15-25-13-5-4-6-14-25)18(2)17-19-9-11-20(12-10-19)29(27,28)21(22,23)24/h9-12,18H,3-8,13-17H2,1-2H3. The second-order valence-corrected chi connectivity index (χ2v) is 9.83. The van der Waals surface area contributed by atoms with Gasteiger partial charge in [-0.2, -0.15) is 13.2 Å². The Hall–Kier alpha value is -1.12. The van der Waals surface area contributed by atoms with Crippen LogP contribution in [-0.2, 0) is 16.3 Å². The van der Waals surface area contributed by atoms with E-state index in [1.165, 1.54) is 50.9 Å². The molecule has 0 aromatic heterocycles. The van der Waals surface area contributed by atoms with Crippen molar-refractivity contribution in [2.75, 3.05) is 32.7 Å². The fourth-order valence-electron chi connectivity index (χ4n) is 3.93. The molecule has 1 aromatic carbocycles. The monoisotopic (exact) mass is 434 g/mol. The smallest absolute Gasteiger partial charge is 0.303 e. The number of likely N-dealkylation sites (N-methyl/N-ethyl adjacent to an activating group) is 1. The van der Waals surface area contributed by atoms with Gasteiger partial charge in [0.2, 0.25) is 0 Å². The number of halogens is 3. The van der Waals surface area contributed by atoms with Crippen molar-refractivity contribution < 1.29 is 21.6 Å². The number of hydrogen-bond donors (Lipinski definition) is 0. The first-order valence-electron chi connectivity index (χ1n) is 10.5. The Bertz CT molecular complexity index is 714. The molecule has 1 aromatic rings. The van der Waals surface area contributed by atoms with Gasteiger partial charge in [-0.3, -0.25) is 0 Å². The number of benzene rings is 1. The molecule has 1 atom stereocenters. The van der Waals surface area contributed by atoms with Crippen LogP contribution in [0, 0.1) is 0 Å². The van der Waals surface area contributed by atoms with Crippen molar-refractivity contribution in [2.24, 2.45) is 0 Å². The molecule has 2 rings (SSSR count). The van der Waals surface area contributed by atoms with Crippen molar-refractivity contribution in [2.45, 2.75) is 68.8 Å². The number of likely N-dealkylation sites (tertiary alicyclic amines) is 1. The first kappa shape index (κ1) is 24.2. The summed E-state index contributed by atoms with van der Waals surface area (Å²) in [5.74, 6) is 0. The Morgan fingerprint density at radius 2 is 1.69 bits per heavy atom. The van der Waals surface area contributed by atoms with Gasteiger partial charge in [0.1, 0.15) is 0 Å². The average molecular weight is 435 g/mol. The van der Waals surface area contributed by atoms with Crippen LogP contribution in [0.25, 0.3) is 0 Å². The predicted molar refractivity (Wildman–Crippen MR) is 110 cm³/mol. The fourth-order valence-corrected chi connectivity index (χ4v) is 4.69. The lowest BCUT2D eigenvalue weighted by Crippen LogP contribution is -2.36.